The van der Waals surface area contributed by atoms with Crippen molar-refractivity contribution in [1.82, 2.24) is 20.3 Å². The minimum atomic E-state index is -1.05. The minimum absolute atomic E-state index is 0. The van der Waals surface area contributed by atoms with Crippen LogP contribution in [0.15, 0.2) is 36.5 Å². The number of nitrogens with one attached hydrogen (secondary N) is 1. The van der Waals surface area contributed by atoms with E-state index < -0.39 is 23.9 Å². The molecule has 0 unspecified atom stereocenters. The standard InChI is InChI=1S/C16H18N4O4.ClH/c21-14(22)7-12-13(9-17-15(12)16(23)24)20-11(8-18-19-20)6-10-4-2-1-3-5-10;/h1-5,8,12-13,15,17H,6-7,9H2,(H,21,22)(H,23,24);1H/t12-,13-,15-;/m0./s1. The van der Waals surface area contributed by atoms with E-state index in [0.29, 0.717) is 13.0 Å². The Labute approximate surface area is 150 Å². The summed E-state index contributed by atoms with van der Waals surface area (Å²) in [7, 11) is 0. The Morgan fingerprint density at radius 2 is 1.96 bits per heavy atom. The van der Waals surface area contributed by atoms with Crippen LogP contribution in [0.1, 0.15) is 23.7 Å². The summed E-state index contributed by atoms with van der Waals surface area (Å²) in [6.07, 6.45) is 2.00. The van der Waals surface area contributed by atoms with Gasteiger partial charge in [-0.1, -0.05) is 35.5 Å². The molecule has 1 aromatic carbocycles. The van der Waals surface area contributed by atoms with Gasteiger partial charge in [-0.2, -0.15) is 0 Å². The van der Waals surface area contributed by atoms with Gasteiger partial charge in [0.1, 0.15) is 6.04 Å². The number of halogens is 1. The lowest BCUT2D eigenvalue weighted by Gasteiger charge is -2.21. The predicted molar refractivity (Wildman–Crippen MR) is 90.7 cm³/mol. The first-order chi connectivity index (χ1) is 11.6. The molecule has 134 valence electrons. The van der Waals surface area contributed by atoms with Crippen molar-refractivity contribution < 1.29 is 19.8 Å². The Morgan fingerprint density at radius 3 is 2.60 bits per heavy atom. The van der Waals surface area contributed by atoms with E-state index in [2.05, 4.69) is 15.6 Å². The fourth-order valence-corrected chi connectivity index (χ4v) is 3.24. The van der Waals surface area contributed by atoms with Gasteiger partial charge in [-0.3, -0.25) is 9.59 Å². The summed E-state index contributed by atoms with van der Waals surface area (Å²) in [4.78, 5) is 22.5. The Hall–Kier alpha value is -2.45. The number of benzene rings is 1. The SMILES string of the molecule is Cl.O=C(O)C[C@@H]1[C@@H](C(=O)O)NC[C@@H]1n1nncc1Cc1ccccc1. The van der Waals surface area contributed by atoms with Crippen LogP contribution in [0.4, 0.5) is 0 Å². The van der Waals surface area contributed by atoms with Crippen molar-refractivity contribution in [2.45, 2.75) is 24.9 Å². The zero-order valence-electron chi connectivity index (χ0n) is 13.3. The maximum absolute atomic E-state index is 11.4. The molecule has 0 saturated carbocycles. The molecular weight excluding hydrogens is 348 g/mol. The molecule has 8 nitrogen and oxygen atoms in total. The Kier molecular flexibility index (Phi) is 6.11. The van der Waals surface area contributed by atoms with E-state index in [4.69, 9.17) is 5.11 Å². The maximum atomic E-state index is 11.4. The lowest BCUT2D eigenvalue weighted by molar-refractivity contribution is -0.142. The Bertz CT molecular complexity index is 737. The number of carboxylic acids is 2. The van der Waals surface area contributed by atoms with Crippen LogP contribution in [0, 0.1) is 5.92 Å². The first-order valence-corrected chi connectivity index (χ1v) is 7.67. The molecule has 1 aromatic heterocycles. The van der Waals surface area contributed by atoms with Gasteiger partial charge >= 0.3 is 11.9 Å². The molecule has 0 radical (unpaired) electrons. The fraction of sp³-hybridized carbons (Fsp3) is 0.375. The quantitative estimate of drug-likeness (QED) is 0.697. The van der Waals surface area contributed by atoms with E-state index in [0.717, 1.165) is 11.3 Å². The summed E-state index contributed by atoms with van der Waals surface area (Å²) in [5.74, 6) is -2.66. The lowest BCUT2D eigenvalue weighted by atomic mass is 9.92. The number of rotatable bonds is 6. The van der Waals surface area contributed by atoms with Crippen LogP contribution in [0.2, 0.25) is 0 Å². The van der Waals surface area contributed by atoms with E-state index >= 15 is 0 Å². The van der Waals surface area contributed by atoms with Crippen molar-refractivity contribution >= 4 is 24.3 Å². The smallest absolute Gasteiger partial charge is 0.321 e. The third-order valence-electron chi connectivity index (χ3n) is 4.34. The molecule has 25 heavy (non-hydrogen) atoms. The third-order valence-corrected chi connectivity index (χ3v) is 4.34. The second-order valence-corrected chi connectivity index (χ2v) is 5.89. The van der Waals surface area contributed by atoms with Crippen LogP contribution in [0.25, 0.3) is 0 Å². The summed E-state index contributed by atoms with van der Waals surface area (Å²) in [6.45, 7) is 0.347. The van der Waals surface area contributed by atoms with Crippen molar-refractivity contribution in [2.75, 3.05) is 6.54 Å². The molecule has 3 N–H and O–H groups in total. The second kappa shape index (κ2) is 8.09. The topological polar surface area (TPSA) is 117 Å². The van der Waals surface area contributed by atoms with Crippen LogP contribution in [-0.2, 0) is 16.0 Å². The molecule has 0 spiro atoms. The molecule has 3 rings (SSSR count). The minimum Gasteiger partial charge on any atom is -0.481 e. The van der Waals surface area contributed by atoms with Gasteiger partial charge in [-0.25, -0.2) is 4.68 Å². The van der Waals surface area contributed by atoms with Gasteiger partial charge in [0.15, 0.2) is 0 Å². The first-order valence-electron chi connectivity index (χ1n) is 7.67. The van der Waals surface area contributed by atoms with Crippen molar-refractivity contribution in [3.05, 3.63) is 47.8 Å². The number of aliphatic carboxylic acids is 2. The van der Waals surface area contributed by atoms with Crippen LogP contribution < -0.4 is 5.32 Å². The largest absolute Gasteiger partial charge is 0.481 e. The van der Waals surface area contributed by atoms with Gasteiger partial charge in [0, 0.05) is 18.9 Å². The normalized spacial score (nSPS) is 22.3. The summed E-state index contributed by atoms with van der Waals surface area (Å²) in [6, 6.07) is 8.52. The molecule has 1 aliphatic heterocycles. The number of aromatic nitrogens is 3. The fourth-order valence-electron chi connectivity index (χ4n) is 3.24. The van der Waals surface area contributed by atoms with Crippen molar-refractivity contribution in [3.63, 3.8) is 0 Å². The summed E-state index contributed by atoms with van der Waals surface area (Å²) in [5, 5.41) is 29.4. The summed E-state index contributed by atoms with van der Waals surface area (Å²) >= 11 is 0. The van der Waals surface area contributed by atoms with Crippen LogP contribution in [-0.4, -0.2) is 49.7 Å². The highest BCUT2D eigenvalue weighted by molar-refractivity contribution is 5.85. The lowest BCUT2D eigenvalue weighted by Crippen LogP contribution is -2.37. The average molecular weight is 367 g/mol. The average Bonchev–Trinajstić information content (AvgIpc) is 3.14. The molecule has 0 aliphatic carbocycles. The van der Waals surface area contributed by atoms with Crippen LogP contribution >= 0.6 is 12.4 Å². The van der Waals surface area contributed by atoms with Gasteiger partial charge in [0.2, 0.25) is 0 Å². The number of hydrogen-bond acceptors (Lipinski definition) is 5. The zero-order valence-corrected chi connectivity index (χ0v) is 14.1. The van der Waals surface area contributed by atoms with Crippen molar-refractivity contribution in [3.8, 4) is 0 Å². The molecule has 3 atom stereocenters. The summed E-state index contributed by atoms with van der Waals surface area (Å²) in [5.41, 5.74) is 1.91. The molecule has 0 amide bonds. The highest BCUT2D eigenvalue weighted by Gasteiger charge is 2.43. The van der Waals surface area contributed by atoms with E-state index in [1.54, 1.807) is 10.9 Å². The molecule has 2 aromatic rings. The van der Waals surface area contributed by atoms with Gasteiger partial charge in [0.25, 0.3) is 0 Å². The van der Waals surface area contributed by atoms with Gasteiger partial charge < -0.3 is 15.5 Å². The molecule has 1 saturated heterocycles. The number of hydrogen-bond donors (Lipinski definition) is 3. The first kappa shape index (κ1) is 18.9. The molecule has 9 heteroatoms. The molecule has 2 heterocycles. The number of nitrogens with zero attached hydrogens (tertiary/aromatic N) is 3. The van der Waals surface area contributed by atoms with E-state index in [1.165, 1.54) is 0 Å². The van der Waals surface area contributed by atoms with Gasteiger partial charge in [-0.15, -0.1) is 17.5 Å². The highest BCUT2D eigenvalue weighted by atomic mass is 35.5. The zero-order chi connectivity index (χ0) is 17.1. The highest BCUT2D eigenvalue weighted by Crippen LogP contribution is 2.31. The van der Waals surface area contributed by atoms with Crippen molar-refractivity contribution in [1.29, 1.82) is 0 Å². The molecule has 1 fully saturated rings. The van der Waals surface area contributed by atoms with Crippen LogP contribution in [0.5, 0.6) is 0 Å². The Balaban J connectivity index is 0.00000225. The molecule has 0 bridgehead atoms. The number of carboxylic acid groups (broad SMARTS) is 2. The van der Waals surface area contributed by atoms with Gasteiger partial charge in [-0.05, 0) is 5.56 Å². The van der Waals surface area contributed by atoms with E-state index in [9.17, 15) is 14.7 Å². The van der Waals surface area contributed by atoms with E-state index in [1.807, 2.05) is 30.3 Å². The monoisotopic (exact) mass is 366 g/mol. The van der Waals surface area contributed by atoms with Crippen LogP contribution in [0.3, 0.4) is 0 Å². The van der Waals surface area contributed by atoms with E-state index in [-0.39, 0.29) is 24.9 Å². The van der Waals surface area contributed by atoms with Crippen molar-refractivity contribution in [2.24, 2.45) is 5.92 Å². The van der Waals surface area contributed by atoms with Gasteiger partial charge in [0.05, 0.1) is 24.4 Å². The molecular formula is C16H19ClN4O4. The third kappa shape index (κ3) is 4.15. The predicted octanol–water partition coefficient (Wildman–Crippen LogP) is 0.979. The molecule has 1 aliphatic rings. The second-order valence-electron chi connectivity index (χ2n) is 5.89. The number of carbonyl (C=O) groups is 2. The Morgan fingerprint density at radius 1 is 1.24 bits per heavy atom. The summed E-state index contributed by atoms with van der Waals surface area (Å²) < 4.78 is 1.66. The maximum Gasteiger partial charge on any atom is 0.321 e.